The zero-order valence-electron chi connectivity index (χ0n) is 20.1. The van der Waals surface area contributed by atoms with Crippen LogP contribution in [0, 0.1) is 0 Å². The average Bonchev–Trinajstić information content (AvgIpc) is 3.61. The van der Waals surface area contributed by atoms with Gasteiger partial charge in [-0.15, -0.1) is 11.3 Å². The number of benzene rings is 1. The molecule has 0 bridgehead atoms. The lowest BCUT2D eigenvalue weighted by Crippen LogP contribution is -2.27. The number of nitrogens with zero attached hydrogens (tertiary/aromatic N) is 4. The summed E-state index contributed by atoms with van der Waals surface area (Å²) in [4.78, 5) is 32.9. The molecule has 8 heteroatoms. The van der Waals surface area contributed by atoms with Crippen LogP contribution >= 0.6 is 11.3 Å². The quantitative estimate of drug-likeness (QED) is 0.337. The Morgan fingerprint density at radius 3 is 2.72 bits per heavy atom. The summed E-state index contributed by atoms with van der Waals surface area (Å²) in [6, 6.07) is 16.8. The number of imidazole rings is 1. The molecule has 0 saturated carbocycles. The second-order valence-corrected chi connectivity index (χ2v) is 10.4. The van der Waals surface area contributed by atoms with Crippen molar-refractivity contribution in [1.82, 2.24) is 24.8 Å². The molecule has 4 heterocycles. The molecule has 0 spiro atoms. The molecule has 1 amide bonds. The number of carbonyl (C=O) groups is 1. The van der Waals surface area contributed by atoms with Crippen molar-refractivity contribution in [3.05, 3.63) is 95.0 Å². The number of hydrogen-bond acceptors (Lipinski definition) is 6. The van der Waals surface area contributed by atoms with Crippen LogP contribution in [0.5, 0.6) is 0 Å². The van der Waals surface area contributed by atoms with E-state index in [0.29, 0.717) is 12.2 Å². The fourth-order valence-electron chi connectivity index (χ4n) is 5.14. The largest absolute Gasteiger partial charge is 0.326 e. The maximum absolute atomic E-state index is 12.3. The molecule has 1 aromatic carbocycles. The van der Waals surface area contributed by atoms with E-state index in [1.807, 2.05) is 43.5 Å². The van der Waals surface area contributed by atoms with Gasteiger partial charge in [-0.2, -0.15) is 0 Å². The van der Waals surface area contributed by atoms with Crippen molar-refractivity contribution in [2.45, 2.75) is 18.3 Å². The van der Waals surface area contributed by atoms with Gasteiger partial charge in [-0.3, -0.25) is 9.78 Å². The molecule has 180 valence electrons. The van der Waals surface area contributed by atoms with Gasteiger partial charge in [0.15, 0.2) is 5.65 Å². The number of aromatic amines is 1. The Labute approximate surface area is 213 Å². The fourth-order valence-corrected chi connectivity index (χ4v) is 5.89. The van der Waals surface area contributed by atoms with Crippen LogP contribution in [0.4, 0.5) is 5.69 Å². The summed E-state index contributed by atoms with van der Waals surface area (Å²) in [5.74, 6) is 1.14. The van der Waals surface area contributed by atoms with Gasteiger partial charge in [0.05, 0.1) is 18.4 Å². The van der Waals surface area contributed by atoms with Gasteiger partial charge in [0, 0.05) is 34.7 Å². The average molecular weight is 495 g/mol. The molecule has 0 saturated heterocycles. The maximum atomic E-state index is 12.3. The molecule has 0 aliphatic heterocycles. The van der Waals surface area contributed by atoms with Crippen molar-refractivity contribution in [2.24, 2.45) is 0 Å². The summed E-state index contributed by atoms with van der Waals surface area (Å²) in [6.07, 6.45) is 6.31. The Balaban J connectivity index is 1.35. The van der Waals surface area contributed by atoms with Crippen molar-refractivity contribution < 1.29 is 4.79 Å². The number of rotatable bonds is 6. The highest BCUT2D eigenvalue weighted by atomic mass is 32.1. The second-order valence-electron chi connectivity index (χ2n) is 9.42. The smallest absolute Gasteiger partial charge is 0.238 e. The second kappa shape index (κ2) is 9.29. The SMILES string of the molecule is CN(C)CC(=O)Nc1cncc(C2CC(c3nc4c(-c5cccs5)ccnc4[nH]3)c3ccccc32)c1. The topological polar surface area (TPSA) is 86.8 Å². The van der Waals surface area contributed by atoms with Crippen LogP contribution < -0.4 is 5.32 Å². The van der Waals surface area contributed by atoms with Gasteiger partial charge in [-0.05, 0) is 60.8 Å². The van der Waals surface area contributed by atoms with E-state index < -0.39 is 0 Å². The molecule has 1 aliphatic carbocycles. The molecule has 5 aromatic rings. The standard InChI is InChI=1S/C28H26N6OS/c1-34(2)16-25(35)31-18-12-17(14-29-15-18)22-13-23(20-7-4-3-6-19(20)22)27-32-26-21(24-8-5-11-36-24)9-10-30-28(26)33-27/h3-12,14-15,22-23H,13,16H2,1-2H3,(H,31,35)(H,30,32,33). The van der Waals surface area contributed by atoms with Crippen LogP contribution in [0.15, 0.2) is 72.5 Å². The van der Waals surface area contributed by atoms with E-state index >= 15 is 0 Å². The van der Waals surface area contributed by atoms with Crippen LogP contribution in [0.3, 0.4) is 0 Å². The van der Waals surface area contributed by atoms with Crippen molar-refractivity contribution in [2.75, 3.05) is 26.0 Å². The van der Waals surface area contributed by atoms with Crippen LogP contribution in [-0.2, 0) is 4.79 Å². The minimum atomic E-state index is -0.0556. The Bertz CT molecular complexity index is 1540. The van der Waals surface area contributed by atoms with Crippen molar-refractivity contribution >= 4 is 34.1 Å². The Hall–Kier alpha value is -3.88. The third-order valence-electron chi connectivity index (χ3n) is 6.64. The number of carbonyl (C=O) groups excluding carboxylic acids is 1. The van der Waals surface area contributed by atoms with Crippen LogP contribution in [0.1, 0.15) is 40.8 Å². The van der Waals surface area contributed by atoms with E-state index in [4.69, 9.17) is 4.98 Å². The Morgan fingerprint density at radius 1 is 1.11 bits per heavy atom. The number of hydrogen-bond donors (Lipinski definition) is 2. The zero-order chi connectivity index (χ0) is 24.6. The first-order chi connectivity index (χ1) is 17.6. The van der Waals surface area contributed by atoms with Crippen molar-refractivity contribution in [3.63, 3.8) is 0 Å². The monoisotopic (exact) mass is 494 g/mol. The molecular formula is C28H26N6OS. The van der Waals surface area contributed by atoms with Crippen LogP contribution in [0.2, 0.25) is 0 Å². The molecule has 4 aromatic heterocycles. The maximum Gasteiger partial charge on any atom is 0.238 e. The lowest BCUT2D eigenvalue weighted by Gasteiger charge is -2.14. The van der Waals surface area contributed by atoms with Gasteiger partial charge >= 0.3 is 0 Å². The predicted molar refractivity (Wildman–Crippen MR) is 143 cm³/mol. The van der Waals surface area contributed by atoms with E-state index in [0.717, 1.165) is 34.5 Å². The van der Waals surface area contributed by atoms with Crippen LogP contribution in [-0.4, -0.2) is 51.4 Å². The number of nitrogens with one attached hydrogen (secondary N) is 2. The first-order valence-electron chi connectivity index (χ1n) is 11.9. The lowest BCUT2D eigenvalue weighted by atomic mass is 9.93. The summed E-state index contributed by atoms with van der Waals surface area (Å²) in [7, 11) is 3.75. The highest BCUT2D eigenvalue weighted by Crippen LogP contribution is 2.48. The van der Waals surface area contributed by atoms with Crippen LogP contribution in [0.25, 0.3) is 21.6 Å². The number of aromatic nitrogens is 4. The molecule has 6 rings (SSSR count). The number of pyridine rings is 2. The van der Waals surface area contributed by atoms with Gasteiger partial charge in [-0.25, -0.2) is 9.97 Å². The Morgan fingerprint density at radius 2 is 1.94 bits per heavy atom. The number of H-pyrrole nitrogens is 1. The number of fused-ring (bicyclic) bond motifs is 2. The van der Waals surface area contributed by atoms with E-state index in [2.05, 4.69) is 62.0 Å². The minimum absolute atomic E-state index is 0.0556. The summed E-state index contributed by atoms with van der Waals surface area (Å²) < 4.78 is 0. The first-order valence-corrected chi connectivity index (χ1v) is 12.8. The molecule has 1 aliphatic rings. The highest BCUT2D eigenvalue weighted by Gasteiger charge is 2.35. The van der Waals surface area contributed by atoms with Gasteiger partial charge < -0.3 is 15.2 Å². The van der Waals surface area contributed by atoms with Gasteiger partial charge in [0.2, 0.25) is 5.91 Å². The fraction of sp³-hybridized carbons (Fsp3) is 0.214. The highest BCUT2D eigenvalue weighted by molar-refractivity contribution is 7.13. The van der Waals surface area contributed by atoms with E-state index in [1.54, 1.807) is 17.5 Å². The zero-order valence-corrected chi connectivity index (χ0v) is 20.9. The molecule has 0 fully saturated rings. The minimum Gasteiger partial charge on any atom is -0.326 e. The third-order valence-corrected chi connectivity index (χ3v) is 7.55. The normalized spacial score (nSPS) is 17.0. The summed E-state index contributed by atoms with van der Waals surface area (Å²) in [6.45, 7) is 0.326. The summed E-state index contributed by atoms with van der Waals surface area (Å²) in [5, 5.41) is 5.05. The molecule has 2 N–H and O–H groups in total. The van der Waals surface area contributed by atoms with Crippen molar-refractivity contribution in [3.8, 4) is 10.4 Å². The molecule has 2 unspecified atom stereocenters. The summed E-state index contributed by atoms with van der Waals surface area (Å²) in [5.41, 5.74) is 7.15. The predicted octanol–water partition coefficient (Wildman–Crippen LogP) is 5.25. The lowest BCUT2D eigenvalue weighted by molar-refractivity contribution is -0.116. The van der Waals surface area contributed by atoms with Gasteiger partial charge in [0.25, 0.3) is 0 Å². The van der Waals surface area contributed by atoms with E-state index in [9.17, 15) is 4.79 Å². The Kier molecular flexibility index (Phi) is 5.83. The van der Waals surface area contributed by atoms with Crippen molar-refractivity contribution in [1.29, 1.82) is 0 Å². The van der Waals surface area contributed by atoms with E-state index in [1.165, 1.54) is 16.0 Å². The van der Waals surface area contributed by atoms with Gasteiger partial charge in [-0.1, -0.05) is 30.3 Å². The van der Waals surface area contributed by atoms with E-state index in [-0.39, 0.29) is 17.7 Å². The summed E-state index contributed by atoms with van der Waals surface area (Å²) >= 11 is 1.71. The molecule has 2 atom stereocenters. The number of likely N-dealkylation sites (N-methyl/N-ethyl adjacent to an activating group) is 1. The first kappa shape index (κ1) is 22.6. The molecule has 36 heavy (non-hydrogen) atoms. The third kappa shape index (κ3) is 4.19. The number of thiophene rings is 1. The van der Waals surface area contributed by atoms with Gasteiger partial charge in [0.1, 0.15) is 11.3 Å². The number of anilines is 1. The molecule has 0 radical (unpaired) electrons. The molecular weight excluding hydrogens is 468 g/mol. The molecule has 7 nitrogen and oxygen atoms in total. The number of amides is 1.